The van der Waals surface area contributed by atoms with Crippen molar-refractivity contribution in [2.24, 2.45) is 0 Å². The number of aliphatic hydroxyl groups is 1. The molecule has 16 heavy (non-hydrogen) atoms. The van der Waals surface area contributed by atoms with Crippen molar-refractivity contribution in [3.63, 3.8) is 0 Å². The molecule has 1 aromatic rings. The maximum atomic E-state index is 13.2. The van der Waals surface area contributed by atoms with Crippen LogP contribution in [0.1, 0.15) is 19.4 Å². The van der Waals surface area contributed by atoms with E-state index >= 15 is 0 Å². The molecular weight excluding hydrogens is 209 g/mol. The summed E-state index contributed by atoms with van der Waals surface area (Å²) in [5.41, 5.74) is 0.836. The maximum absolute atomic E-state index is 13.2. The first kappa shape index (κ1) is 12.9. The van der Waals surface area contributed by atoms with Crippen molar-refractivity contribution in [3.8, 4) is 5.75 Å². The lowest BCUT2D eigenvalue weighted by molar-refractivity contribution is 0.122. The van der Waals surface area contributed by atoms with Crippen LogP contribution in [0.15, 0.2) is 18.2 Å². The van der Waals surface area contributed by atoms with Crippen LogP contribution in [0.5, 0.6) is 5.75 Å². The Balaban J connectivity index is 2.65. The lowest BCUT2D eigenvalue weighted by atomic mass is 10.2. The Bertz CT molecular complexity index is 329. The number of rotatable bonds is 6. The van der Waals surface area contributed by atoms with E-state index < -0.39 is 6.10 Å². The van der Waals surface area contributed by atoms with Gasteiger partial charge in [-0.2, -0.15) is 0 Å². The van der Waals surface area contributed by atoms with E-state index in [0.717, 1.165) is 12.1 Å². The molecule has 4 heteroatoms. The third kappa shape index (κ3) is 4.59. The third-order valence-electron chi connectivity index (χ3n) is 2.00. The van der Waals surface area contributed by atoms with Crippen LogP contribution in [0.3, 0.4) is 0 Å². The summed E-state index contributed by atoms with van der Waals surface area (Å²) in [6.07, 6.45) is -0.555. The molecule has 1 unspecified atom stereocenters. The lowest BCUT2D eigenvalue weighted by Crippen LogP contribution is -2.14. The highest BCUT2D eigenvalue weighted by Gasteiger charge is 2.03. The Kier molecular flexibility index (Phi) is 5.22. The Hall–Kier alpha value is -1.13. The van der Waals surface area contributed by atoms with Crippen molar-refractivity contribution >= 4 is 0 Å². The van der Waals surface area contributed by atoms with Crippen LogP contribution >= 0.6 is 0 Å². The molecule has 0 saturated carbocycles. The first-order chi connectivity index (χ1) is 7.61. The van der Waals surface area contributed by atoms with Crippen LogP contribution in [-0.2, 0) is 6.54 Å². The highest BCUT2D eigenvalue weighted by molar-refractivity contribution is 5.29. The third-order valence-corrected chi connectivity index (χ3v) is 2.00. The summed E-state index contributed by atoms with van der Waals surface area (Å²) in [6, 6.07) is 4.56. The van der Waals surface area contributed by atoms with Crippen molar-refractivity contribution in [2.75, 3.05) is 13.2 Å². The fourth-order valence-electron chi connectivity index (χ4n) is 1.29. The minimum Gasteiger partial charge on any atom is -0.491 e. The van der Waals surface area contributed by atoms with Crippen LogP contribution in [0.4, 0.5) is 4.39 Å². The van der Waals surface area contributed by atoms with Crippen molar-refractivity contribution in [2.45, 2.75) is 26.5 Å². The molecule has 0 heterocycles. The van der Waals surface area contributed by atoms with Gasteiger partial charge in [0, 0.05) is 12.6 Å². The predicted molar refractivity (Wildman–Crippen MR) is 61.0 cm³/mol. The molecule has 0 fully saturated rings. The van der Waals surface area contributed by atoms with Crippen LogP contribution in [-0.4, -0.2) is 24.4 Å². The molecule has 1 aromatic carbocycles. The van der Waals surface area contributed by atoms with E-state index in [1.165, 1.54) is 12.1 Å². The molecular formula is C12H18FNO2. The second-order valence-electron chi connectivity index (χ2n) is 3.74. The molecule has 0 spiro atoms. The zero-order chi connectivity index (χ0) is 12.0. The second kappa shape index (κ2) is 6.45. The molecule has 0 bridgehead atoms. The molecule has 90 valence electrons. The molecule has 0 saturated heterocycles. The minimum absolute atomic E-state index is 0.171. The fourth-order valence-corrected chi connectivity index (χ4v) is 1.29. The molecule has 0 aromatic heterocycles. The van der Waals surface area contributed by atoms with Gasteiger partial charge in [0.15, 0.2) is 0 Å². The summed E-state index contributed by atoms with van der Waals surface area (Å²) in [7, 11) is 0. The molecule has 0 radical (unpaired) electrons. The Morgan fingerprint density at radius 2 is 2.19 bits per heavy atom. The second-order valence-corrected chi connectivity index (χ2v) is 3.74. The minimum atomic E-state index is -0.555. The average Bonchev–Trinajstić information content (AvgIpc) is 2.23. The van der Waals surface area contributed by atoms with Crippen molar-refractivity contribution in [1.29, 1.82) is 0 Å². The van der Waals surface area contributed by atoms with Crippen LogP contribution < -0.4 is 10.1 Å². The van der Waals surface area contributed by atoms with E-state index in [9.17, 15) is 4.39 Å². The number of hydrogen-bond acceptors (Lipinski definition) is 3. The Morgan fingerprint density at radius 1 is 1.44 bits per heavy atom. The van der Waals surface area contributed by atoms with Gasteiger partial charge in [0.25, 0.3) is 0 Å². The summed E-state index contributed by atoms with van der Waals surface area (Å²) in [5, 5.41) is 12.2. The average molecular weight is 227 g/mol. The highest BCUT2D eigenvalue weighted by Crippen LogP contribution is 2.16. The van der Waals surface area contributed by atoms with Gasteiger partial charge in [-0.3, -0.25) is 0 Å². The van der Waals surface area contributed by atoms with Gasteiger partial charge in [0.05, 0.1) is 6.10 Å². The van der Waals surface area contributed by atoms with Gasteiger partial charge < -0.3 is 15.2 Å². The van der Waals surface area contributed by atoms with Gasteiger partial charge in [-0.25, -0.2) is 4.39 Å². The Labute approximate surface area is 95.2 Å². The quantitative estimate of drug-likeness (QED) is 0.777. The highest BCUT2D eigenvalue weighted by atomic mass is 19.1. The lowest BCUT2D eigenvalue weighted by Gasteiger charge is -2.10. The molecule has 0 amide bonds. The zero-order valence-electron chi connectivity index (χ0n) is 9.66. The summed E-state index contributed by atoms with van der Waals surface area (Å²) < 4.78 is 18.5. The number of benzene rings is 1. The SMILES string of the molecule is CCNCc1cc(F)cc(OCC(C)O)c1. The van der Waals surface area contributed by atoms with E-state index in [2.05, 4.69) is 5.32 Å². The first-order valence-corrected chi connectivity index (χ1v) is 5.43. The van der Waals surface area contributed by atoms with Gasteiger partial charge in [-0.05, 0) is 31.2 Å². The molecule has 0 aliphatic rings. The van der Waals surface area contributed by atoms with Crippen molar-refractivity contribution < 1.29 is 14.2 Å². The van der Waals surface area contributed by atoms with Gasteiger partial charge >= 0.3 is 0 Å². The standard InChI is InChI=1S/C12H18FNO2/c1-3-14-7-10-4-11(13)6-12(5-10)16-8-9(2)15/h4-6,9,14-15H,3,7-8H2,1-2H3. The number of halogens is 1. The topological polar surface area (TPSA) is 41.5 Å². The molecule has 3 nitrogen and oxygen atoms in total. The maximum Gasteiger partial charge on any atom is 0.127 e. The predicted octanol–water partition coefficient (Wildman–Crippen LogP) is 1.69. The largest absolute Gasteiger partial charge is 0.491 e. The van der Waals surface area contributed by atoms with Gasteiger partial charge in [-0.15, -0.1) is 0 Å². The molecule has 1 rings (SSSR count). The zero-order valence-corrected chi connectivity index (χ0v) is 9.66. The van der Waals surface area contributed by atoms with Crippen LogP contribution in [0, 0.1) is 5.82 Å². The summed E-state index contributed by atoms with van der Waals surface area (Å²) in [6.45, 7) is 5.23. The molecule has 1 atom stereocenters. The molecule has 2 N–H and O–H groups in total. The normalized spacial score (nSPS) is 12.5. The Morgan fingerprint density at radius 3 is 2.81 bits per heavy atom. The van der Waals surface area contributed by atoms with Gasteiger partial charge in [0.1, 0.15) is 18.2 Å². The number of ether oxygens (including phenoxy) is 1. The van der Waals surface area contributed by atoms with E-state index in [1.54, 1.807) is 13.0 Å². The first-order valence-electron chi connectivity index (χ1n) is 5.43. The van der Waals surface area contributed by atoms with E-state index in [1.807, 2.05) is 6.92 Å². The fraction of sp³-hybridized carbons (Fsp3) is 0.500. The number of hydrogen-bond donors (Lipinski definition) is 2. The van der Waals surface area contributed by atoms with Crippen LogP contribution in [0.25, 0.3) is 0 Å². The molecule has 0 aliphatic carbocycles. The van der Waals surface area contributed by atoms with Gasteiger partial charge in [0.2, 0.25) is 0 Å². The van der Waals surface area contributed by atoms with Crippen molar-refractivity contribution in [3.05, 3.63) is 29.6 Å². The van der Waals surface area contributed by atoms with Crippen LogP contribution in [0.2, 0.25) is 0 Å². The number of aliphatic hydroxyl groups excluding tert-OH is 1. The molecule has 0 aliphatic heterocycles. The monoisotopic (exact) mass is 227 g/mol. The van der Waals surface area contributed by atoms with Crippen molar-refractivity contribution in [1.82, 2.24) is 5.32 Å². The van der Waals surface area contributed by atoms with E-state index in [-0.39, 0.29) is 12.4 Å². The summed E-state index contributed by atoms with van der Waals surface area (Å²) in [4.78, 5) is 0. The smallest absolute Gasteiger partial charge is 0.127 e. The van der Waals surface area contributed by atoms with E-state index in [0.29, 0.717) is 12.3 Å². The number of nitrogens with one attached hydrogen (secondary N) is 1. The van der Waals surface area contributed by atoms with E-state index in [4.69, 9.17) is 9.84 Å². The summed E-state index contributed by atoms with van der Waals surface area (Å²) in [5.74, 6) is 0.129. The summed E-state index contributed by atoms with van der Waals surface area (Å²) >= 11 is 0. The van der Waals surface area contributed by atoms with Gasteiger partial charge in [-0.1, -0.05) is 6.92 Å².